The summed E-state index contributed by atoms with van der Waals surface area (Å²) in [5.74, 6) is 0. The van der Waals surface area contributed by atoms with Crippen LogP contribution in [0.3, 0.4) is 0 Å². The van der Waals surface area contributed by atoms with Gasteiger partial charge in [-0.2, -0.15) is 0 Å². The van der Waals surface area contributed by atoms with Gasteiger partial charge in [0.1, 0.15) is 0 Å². The van der Waals surface area contributed by atoms with Crippen LogP contribution in [0, 0.1) is 6.92 Å². The van der Waals surface area contributed by atoms with Crippen LogP contribution in [0.25, 0.3) is 22.3 Å². The molecule has 3 heteroatoms. The topological polar surface area (TPSA) is 51.8 Å². The van der Waals surface area contributed by atoms with Gasteiger partial charge in [-0.25, -0.2) is 9.97 Å². The molecule has 0 aliphatic heterocycles. The Morgan fingerprint density at radius 2 is 1.72 bits per heavy atom. The van der Waals surface area contributed by atoms with Crippen LogP contribution in [0.5, 0.6) is 0 Å². The lowest BCUT2D eigenvalue weighted by atomic mass is 10.1. The third kappa shape index (κ3) is 1.80. The summed E-state index contributed by atoms with van der Waals surface area (Å²) in [5, 5.41) is 0.970. The Morgan fingerprint density at radius 3 is 2.50 bits per heavy atom. The van der Waals surface area contributed by atoms with E-state index >= 15 is 0 Å². The van der Waals surface area contributed by atoms with E-state index in [1.807, 2.05) is 55.5 Å². The number of nitrogens with zero attached hydrogens (tertiary/aromatic N) is 2. The van der Waals surface area contributed by atoms with E-state index < -0.39 is 0 Å². The van der Waals surface area contributed by atoms with Gasteiger partial charge in [0.15, 0.2) is 5.65 Å². The largest absolute Gasteiger partial charge is 0.397 e. The highest BCUT2D eigenvalue weighted by Crippen LogP contribution is 2.26. The van der Waals surface area contributed by atoms with E-state index in [0.29, 0.717) is 5.69 Å². The smallest absolute Gasteiger partial charge is 0.160 e. The van der Waals surface area contributed by atoms with E-state index in [1.54, 1.807) is 0 Å². The van der Waals surface area contributed by atoms with Crippen LogP contribution in [0.2, 0.25) is 0 Å². The molecule has 0 bridgehead atoms. The van der Waals surface area contributed by atoms with Crippen LogP contribution in [0.1, 0.15) is 5.69 Å². The van der Waals surface area contributed by atoms with Crippen molar-refractivity contribution in [1.82, 2.24) is 9.97 Å². The van der Waals surface area contributed by atoms with E-state index in [1.165, 1.54) is 0 Å². The fourth-order valence-electron chi connectivity index (χ4n) is 1.99. The second-order valence-corrected chi connectivity index (χ2v) is 4.29. The number of anilines is 1. The molecule has 0 atom stereocenters. The Labute approximate surface area is 105 Å². The molecule has 3 rings (SSSR count). The van der Waals surface area contributed by atoms with Crippen molar-refractivity contribution in [2.75, 3.05) is 5.73 Å². The SMILES string of the molecule is Cc1ccc2cc(N)c(-c3ccccc3)nc2n1. The molecule has 0 unspecified atom stereocenters. The van der Waals surface area contributed by atoms with Crippen LogP contribution < -0.4 is 5.73 Å². The van der Waals surface area contributed by atoms with Crippen molar-refractivity contribution in [2.24, 2.45) is 0 Å². The molecule has 0 aliphatic rings. The first-order valence-corrected chi connectivity index (χ1v) is 5.83. The van der Waals surface area contributed by atoms with Crippen molar-refractivity contribution in [2.45, 2.75) is 6.92 Å². The van der Waals surface area contributed by atoms with Gasteiger partial charge in [0.25, 0.3) is 0 Å². The standard InChI is InChI=1S/C15H13N3/c1-10-7-8-12-9-13(16)14(18-15(12)17-10)11-5-3-2-4-6-11/h2-9H,16H2,1H3. The fourth-order valence-corrected chi connectivity index (χ4v) is 1.99. The summed E-state index contributed by atoms with van der Waals surface area (Å²) >= 11 is 0. The Bertz CT molecular complexity index is 706. The molecule has 2 aromatic heterocycles. The lowest BCUT2D eigenvalue weighted by Gasteiger charge is -2.07. The van der Waals surface area contributed by atoms with Gasteiger partial charge in [0.05, 0.1) is 11.4 Å². The van der Waals surface area contributed by atoms with Crippen molar-refractivity contribution in [3.05, 3.63) is 54.2 Å². The summed E-state index contributed by atoms with van der Waals surface area (Å²) in [5.41, 5.74) is 10.2. The summed E-state index contributed by atoms with van der Waals surface area (Å²) in [4.78, 5) is 9.01. The molecule has 0 radical (unpaired) electrons. The number of rotatable bonds is 1. The molecular formula is C15H13N3. The monoisotopic (exact) mass is 235 g/mol. The normalized spacial score (nSPS) is 10.7. The van der Waals surface area contributed by atoms with Crippen molar-refractivity contribution in [1.29, 1.82) is 0 Å². The van der Waals surface area contributed by atoms with E-state index in [2.05, 4.69) is 9.97 Å². The summed E-state index contributed by atoms with van der Waals surface area (Å²) < 4.78 is 0. The molecule has 18 heavy (non-hydrogen) atoms. The molecule has 0 aliphatic carbocycles. The number of aryl methyl sites for hydroxylation is 1. The van der Waals surface area contributed by atoms with Gasteiger partial charge < -0.3 is 5.73 Å². The minimum atomic E-state index is 0.680. The van der Waals surface area contributed by atoms with Crippen LogP contribution in [-0.4, -0.2) is 9.97 Å². The number of nitrogens with two attached hydrogens (primary N) is 1. The molecule has 3 nitrogen and oxygen atoms in total. The maximum atomic E-state index is 6.07. The van der Waals surface area contributed by atoms with Crippen LogP contribution in [0.4, 0.5) is 5.69 Å². The maximum absolute atomic E-state index is 6.07. The molecule has 88 valence electrons. The van der Waals surface area contributed by atoms with Crippen molar-refractivity contribution in [3.63, 3.8) is 0 Å². The average Bonchev–Trinajstić information content (AvgIpc) is 2.39. The Morgan fingerprint density at radius 1 is 0.944 bits per heavy atom. The Kier molecular flexibility index (Phi) is 2.45. The number of pyridine rings is 2. The van der Waals surface area contributed by atoms with E-state index in [0.717, 1.165) is 28.0 Å². The molecule has 0 fully saturated rings. The van der Waals surface area contributed by atoms with Crippen molar-refractivity contribution < 1.29 is 0 Å². The molecule has 0 saturated heterocycles. The second-order valence-electron chi connectivity index (χ2n) is 4.29. The van der Waals surface area contributed by atoms with Crippen LogP contribution in [0.15, 0.2) is 48.5 Å². The first-order valence-electron chi connectivity index (χ1n) is 5.83. The first-order chi connectivity index (χ1) is 8.74. The predicted octanol–water partition coefficient (Wildman–Crippen LogP) is 3.19. The van der Waals surface area contributed by atoms with Crippen LogP contribution in [-0.2, 0) is 0 Å². The van der Waals surface area contributed by atoms with Gasteiger partial charge in [-0.15, -0.1) is 0 Å². The summed E-state index contributed by atoms with van der Waals surface area (Å²) in [6.07, 6.45) is 0. The summed E-state index contributed by atoms with van der Waals surface area (Å²) in [6.45, 7) is 1.96. The molecule has 3 aromatic rings. The number of hydrogen-bond donors (Lipinski definition) is 1. The Balaban J connectivity index is 2.27. The summed E-state index contributed by atoms with van der Waals surface area (Å²) in [6, 6.07) is 15.8. The number of fused-ring (bicyclic) bond motifs is 1. The van der Waals surface area contributed by atoms with Gasteiger partial charge in [-0.3, -0.25) is 0 Å². The molecule has 0 spiro atoms. The van der Waals surface area contributed by atoms with E-state index in [-0.39, 0.29) is 0 Å². The van der Waals surface area contributed by atoms with Gasteiger partial charge >= 0.3 is 0 Å². The van der Waals surface area contributed by atoms with Gasteiger partial charge in [-0.1, -0.05) is 30.3 Å². The minimum absolute atomic E-state index is 0.680. The molecule has 2 heterocycles. The average molecular weight is 235 g/mol. The van der Waals surface area contributed by atoms with Crippen molar-refractivity contribution in [3.8, 4) is 11.3 Å². The highest BCUT2D eigenvalue weighted by Gasteiger charge is 2.07. The minimum Gasteiger partial charge on any atom is -0.397 e. The number of hydrogen-bond acceptors (Lipinski definition) is 3. The maximum Gasteiger partial charge on any atom is 0.160 e. The van der Waals surface area contributed by atoms with E-state index in [4.69, 9.17) is 5.73 Å². The zero-order chi connectivity index (χ0) is 12.5. The van der Waals surface area contributed by atoms with Gasteiger partial charge in [-0.05, 0) is 25.1 Å². The molecular weight excluding hydrogens is 222 g/mol. The Hall–Kier alpha value is -2.42. The highest BCUT2D eigenvalue weighted by molar-refractivity contribution is 5.85. The molecule has 0 saturated carbocycles. The van der Waals surface area contributed by atoms with Gasteiger partial charge in [0, 0.05) is 16.6 Å². The molecule has 2 N–H and O–H groups in total. The van der Waals surface area contributed by atoms with Gasteiger partial charge in [0.2, 0.25) is 0 Å². The quantitative estimate of drug-likeness (QED) is 0.704. The fraction of sp³-hybridized carbons (Fsp3) is 0.0667. The highest BCUT2D eigenvalue weighted by atomic mass is 14.9. The van der Waals surface area contributed by atoms with E-state index in [9.17, 15) is 0 Å². The lowest BCUT2D eigenvalue weighted by Crippen LogP contribution is -1.96. The third-order valence-corrected chi connectivity index (χ3v) is 2.89. The predicted molar refractivity (Wildman–Crippen MR) is 74.1 cm³/mol. The zero-order valence-electron chi connectivity index (χ0n) is 10.1. The summed E-state index contributed by atoms with van der Waals surface area (Å²) in [7, 11) is 0. The third-order valence-electron chi connectivity index (χ3n) is 2.89. The second kappa shape index (κ2) is 4.11. The zero-order valence-corrected chi connectivity index (χ0v) is 10.1. The first kappa shape index (κ1) is 10.7. The molecule has 1 aromatic carbocycles. The number of aromatic nitrogens is 2. The number of benzene rings is 1. The lowest BCUT2D eigenvalue weighted by molar-refractivity contribution is 1.21. The molecule has 0 amide bonds. The van der Waals surface area contributed by atoms with Crippen molar-refractivity contribution >= 4 is 16.7 Å². The van der Waals surface area contributed by atoms with Crippen LogP contribution >= 0.6 is 0 Å². The number of nitrogen functional groups attached to an aromatic ring is 1.